The normalized spacial score (nSPS) is 12.6. The second-order valence-corrected chi connectivity index (χ2v) is 5.37. The van der Waals surface area contributed by atoms with Gasteiger partial charge in [0.1, 0.15) is 5.82 Å². The van der Waals surface area contributed by atoms with E-state index in [0.717, 1.165) is 4.88 Å². The lowest BCUT2D eigenvalue weighted by atomic mass is 10.1. The van der Waals surface area contributed by atoms with Crippen LogP contribution in [-0.2, 0) is 6.54 Å². The number of halogens is 2. The van der Waals surface area contributed by atoms with Gasteiger partial charge in [-0.1, -0.05) is 17.7 Å². The molecule has 18 heavy (non-hydrogen) atoms. The molecule has 2 aromatic rings. The van der Waals surface area contributed by atoms with Crippen LogP contribution in [0, 0.1) is 5.82 Å². The minimum Gasteiger partial charge on any atom is -0.394 e. The average molecular weight is 286 g/mol. The van der Waals surface area contributed by atoms with Crippen molar-refractivity contribution < 1.29 is 9.50 Å². The van der Waals surface area contributed by atoms with E-state index < -0.39 is 5.82 Å². The van der Waals surface area contributed by atoms with Crippen molar-refractivity contribution in [3.63, 3.8) is 0 Å². The van der Waals surface area contributed by atoms with Crippen LogP contribution in [0.15, 0.2) is 35.7 Å². The van der Waals surface area contributed by atoms with Crippen LogP contribution in [0.3, 0.4) is 0 Å². The predicted octanol–water partition coefficient (Wildman–Crippen LogP) is 3.36. The maximum Gasteiger partial charge on any atom is 0.125 e. The van der Waals surface area contributed by atoms with Crippen molar-refractivity contribution in [1.82, 2.24) is 5.32 Å². The second kappa shape index (κ2) is 6.29. The van der Waals surface area contributed by atoms with E-state index in [1.807, 2.05) is 17.5 Å². The average Bonchev–Trinajstić information content (AvgIpc) is 2.81. The summed E-state index contributed by atoms with van der Waals surface area (Å²) in [6, 6.07) is 7.94. The minimum absolute atomic E-state index is 0.106. The van der Waals surface area contributed by atoms with Gasteiger partial charge in [0, 0.05) is 16.4 Å². The highest BCUT2D eigenvalue weighted by Gasteiger charge is 2.12. The SMILES string of the molecule is OCC(NCc1cccs1)c1cc(F)cc(Cl)c1. The molecule has 0 aliphatic heterocycles. The lowest BCUT2D eigenvalue weighted by Gasteiger charge is -2.16. The smallest absolute Gasteiger partial charge is 0.125 e. The van der Waals surface area contributed by atoms with Crippen LogP contribution in [0.5, 0.6) is 0 Å². The van der Waals surface area contributed by atoms with E-state index in [1.54, 1.807) is 17.4 Å². The van der Waals surface area contributed by atoms with E-state index in [-0.39, 0.29) is 12.6 Å². The van der Waals surface area contributed by atoms with Crippen LogP contribution < -0.4 is 5.32 Å². The van der Waals surface area contributed by atoms with Crippen LogP contribution in [0.2, 0.25) is 5.02 Å². The summed E-state index contributed by atoms with van der Waals surface area (Å²) in [6.45, 7) is 0.530. The van der Waals surface area contributed by atoms with Gasteiger partial charge in [-0.05, 0) is 35.2 Å². The largest absolute Gasteiger partial charge is 0.394 e. The number of hydrogen-bond donors (Lipinski definition) is 2. The third-order valence-electron chi connectivity index (χ3n) is 2.57. The maximum atomic E-state index is 13.2. The third-order valence-corrected chi connectivity index (χ3v) is 3.67. The van der Waals surface area contributed by atoms with Gasteiger partial charge in [-0.25, -0.2) is 4.39 Å². The second-order valence-electron chi connectivity index (χ2n) is 3.90. The van der Waals surface area contributed by atoms with Gasteiger partial charge >= 0.3 is 0 Å². The predicted molar refractivity (Wildman–Crippen MR) is 72.4 cm³/mol. The van der Waals surface area contributed by atoms with E-state index in [2.05, 4.69) is 5.32 Å². The number of aliphatic hydroxyl groups excluding tert-OH is 1. The highest BCUT2D eigenvalue weighted by molar-refractivity contribution is 7.09. The van der Waals surface area contributed by atoms with E-state index in [0.29, 0.717) is 17.1 Å². The van der Waals surface area contributed by atoms with Crippen molar-refractivity contribution in [2.45, 2.75) is 12.6 Å². The number of benzene rings is 1. The number of hydrogen-bond acceptors (Lipinski definition) is 3. The fraction of sp³-hybridized carbons (Fsp3) is 0.231. The molecule has 0 aliphatic rings. The molecule has 1 aromatic heterocycles. The fourth-order valence-corrected chi connectivity index (χ4v) is 2.59. The lowest BCUT2D eigenvalue weighted by molar-refractivity contribution is 0.243. The minimum atomic E-state index is -0.395. The summed E-state index contributed by atoms with van der Waals surface area (Å²) < 4.78 is 13.2. The number of thiophene rings is 1. The van der Waals surface area contributed by atoms with Gasteiger partial charge in [0.15, 0.2) is 0 Å². The first-order chi connectivity index (χ1) is 8.69. The Morgan fingerprint density at radius 2 is 2.22 bits per heavy atom. The summed E-state index contributed by atoms with van der Waals surface area (Å²) in [6.07, 6.45) is 0. The van der Waals surface area contributed by atoms with E-state index in [1.165, 1.54) is 12.1 Å². The molecule has 2 nitrogen and oxygen atoms in total. The fourth-order valence-electron chi connectivity index (χ4n) is 1.70. The zero-order chi connectivity index (χ0) is 13.0. The maximum absolute atomic E-state index is 13.2. The van der Waals surface area contributed by atoms with Gasteiger partial charge in [0.25, 0.3) is 0 Å². The molecule has 0 aliphatic carbocycles. The van der Waals surface area contributed by atoms with Gasteiger partial charge in [-0.2, -0.15) is 0 Å². The molecule has 2 rings (SSSR count). The topological polar surface area (TPSA) is 32.3 Å². The van der Waals surface area contributed by atoms with Crippen LogP contribution >= 0.6 is 22.9 Å². The van der Waals surface area contributed by atoms with Crippen LogP contribution in [0.1, 0.15) is 16.5 Å². The summed E-state index contributed by atoms with van der Waals surface area (Å²) in [5, 5.41) is 14.9. The molecule has 0 amide bonds. The first-order valence-corrected chi connectivity index (χ1v) is 6.77. The standard InChI is InChI=1S/C13H13ClFNOS/c14-10-4-9(5-11(15)6-10)13(8-17)16-7-12-2-1-3-18-12/h1-6,13,16-17H,7-8H2. The molecule has 1 aromatic carbocycles. The molecule has 1 atom stereocenters. The van der Waals surface area contributed by atoms with E-state index in [4.69, 9.17) is 11.6 Å². The van der Waals surface area contributed by atoms with E-state index >= 15 is 0 Å². The molecule has 96 valence electrons. The Balaban J connectivity index is 2.07. The highest BCUT2D eigenvalue weighted by atomic mass is 35.5. The molecule has 5 heteroatoms. The Morgan fingerprint density at radius 3 is 2.83 bits per heavy atom. The number of nitrogens with one attached hydrogen (secondary N) is 1. The summed E-state index contributed by atoms with van der Waals surface area (Å²) in [4.78, 5) is 1.16. The Morgan fingerprint density at radius 1 is 1.39 bits per heavy atom. The molecule has 0 saturated heterocycles. The molecule has 0 saturated carbocycles. The number of rotatable bonds is 5. The molecule has 2 N–H and O–H groups in total. The first-order valence-electron chi connectivity index (χ1n) is 5.51. The van der Waals surface area contributed by atoms with Crippen molar-refractivity contribution >= 4 is 22.9 Å². The van der Waals surface area contributed by atoms with Crippen molar-refractivity contribution in [2.75, 3.05) is 6.61 Å². The first kappa shape index (κ1) is 13.5. The molecule has 0 radical (unpaired) electrons. The lowest BCUT2D eigenvalue weighted by Crippen LogP contribution is -2.23. The molecule has 0 bridgehead atoms. The van der Waals surface area contributed by atoms with Crippen molar-refractivity contribution in [3.05, 3.63) is 57.0 Å². The molecule has 0 fully saturated rings. The van der Waals surface area contributed by atoms with Gasteiger partial charge in [-0.15, -0.1) is 11.3 Å². The quantitative estimate of drug-likeness (QED) is 0.883. The van der Waals surface area contributed by atoms with Crippen LogP contribution in [0.4, 0.5) is 4.39 Å². The summed E-state index contributed by atoms with van der Waals surface area (Å²) >= 11 is 7.44. The zero-order valence-electron chi connectivity index (χ0n) is 9.57. The third kappa shape index (κ3) is 3.53. The number of aliphatic hydroxyl groups is 1. The van der Waals surface area contributed by atoms with Gasteiger partial charge < -0.3 is 10.4 Å². The monoisotopic (exact) mass is 285 g/mol. The zero-order valence-corrected chi connectivity index (χ0v) is 11.1. The van der Waals surface area contributed by atoms with Gasteiger partial charge in [-0.3, -0.25) is 0 Å². The Labute approximate surface area is 114 Å². The molecular formula is C13H13ClFNOS. The van der Waals surface area contributed by atoms with Gasteiger partial charge in [0.2, 0.25) is 0 Å². The van der Waals surface area contributed by atoms with Gasteiger partial charge in [0.05, 0.1) is 12.6 Å². The van der Waals surface area contributed by atoms with Crippen molar-refractivity contribution in [2.24, 2.45) is 0 Å². The Bertz CT molecular complexity index is 483. The molecular weight excluding hydrogens is 273 g/mol. The Kier molecular flexibility index (Phi) is 4.72. The molecule has 1 heterocycles. The van der Waals surface area contributed by atoms with Crippen LogP contribution in [0.25, 0.3) is 0 Å². The summed E-state index contributed by atoms with van der Waals surface area (Å²) in [5.74, 6) is -0.395. The van der Waals surface area contributed by atoms with E-state index in [9.17, 15) is 9.50 Å². The summed E-state index contributed by atoms with van der Waals surface area (Å²) in [7, 11) is 0. The van der Waals surface area contributed by atoms with Crippen LogP contribution in [-0.4, -0.2) is 11.7 Å². The van der Waals surface area contributed by atoms with Crippen molar-refractivity contribution in [3.8, 4) is 0 Å². The summed E-state index contributed by atoms with van der Waals surface area (Å²) in [5.41, 5.74) is 0.652. The van der Waals surface area contributed by atoms with Crippen molar-refractivity contribution in [1.29, 1.82) is 0 Å². The highest BCUT2D eigenvalue weighted by Crippen LogP contribution is 2.20. The molecule has 1 unspecified atom stereocenters. The Hall–Kier alpha value is -0.940. The molecule has 0 spiro atoms.